The van der Waals surface area contributed by atoms with Gasteiger partial charge in [-0.15, -0.1) is 0 Å². The minimum Gasteiger partial charge on any atom is -0.493 e. The summed E-state index contributed by atoms with van der Waals surface area (Å²) in [5, 5.41) is 3.04. The van der Waals surface area contributed by atoms with Crippen molar-refractivity contribution in [3.8, 4) is 11.5 Å². The summed E-state index contributed by atoms with van der Waals surface area (Å²) >= 11 is 3.49. The number of carbonyl (C=O) groups excluding carboxylic acids is 1. The Morgan fingerprint density at radius 3 is 2.85 bits per heavy atom. The molecule has 1 aliphatic heterocycles. The van der Waals surface area contributed by atoms with Crippen LogP contribution in [0.5, 0.6) is 11.5 Å². The number of hydrogen-bond donors (Lipinski definition) is 3. The molecule has 7 heteroatoms. The van der Waals surface area contributed by atoms with E-state index in [1.165, 1.54) is 0 Å². The number of hydrogen-bond acceptors (Lipinski definition) is 5. The lowest BCUT2D eigenvalue weighted by atomic mass is 9.94. The molecule has 0 bridgehead atoms. The molecule has 1 saturated heterocycles. The van der Waals surface area contributed by atoms with Gasteiger partial charge in [0.2, 0.25) is 5.91 Å². The molecular formula is C20H24BrN3O3. The van der Waals surface area contributed by atoms with Crippen LogP contribution in [0.3, 0.4) is 0 Å². The van der Waals surface area contributed by atoms with E-state index >= 15 is 0 Å². The van der Waals surface area contributed by atoms with E-state index < -0.39 is 0 Å². The first-order valence-corrected chi connectivity index (χ1v) is 9.73. The summed E-state index contributed by atoms with van der Waals surface area (Å²) in [4.78, 5) is 12.8. The highest BCUT2D eigenvalue weighted by Crippen LogP contribution is 2.29. The number of carbonyl (C=O) groups is 1. The van der Waals surface area contributed by atoms with Crippen molar-refractivity contribution >= 4 is 21.8 Å². The van der Waals surface area contributed by atoms with E-state index in [1.807, 2.05) is 49.4 Å². The highest BCUT2D eigenvalue weighted by atomic mass is 79.9. The summed E-state index contributed by atoms with van der Waals surface area (Å²) in [6.07, 6.45) is 0. The molecule has 0 aromatic heterocycles. The van der Waals surface area contributed by atoms with Gasteiger partial charge in [0.1, 0.15) is 0 Å². The van der Waals surface area contributed by atoms with Crippen LogP contribution < -0.4 is 25.6 Å². The van der Waals surface area contributed by atoms with E-state index in [4.69, 9.17) is 9.47 Å². The van der Waals surface area contributed by atoms with Gasteiger partial charge in [0.25, 0.3) is 0 Å². The Kier molecular flexibility index (Phi) is 6.71. The molecule has 2 unspecified atom stereocenters. The van der Waals surface area contributed by atoms with Crippen LogP contribution in [0, 0.1) is 5.92 Å². The predicted octanol–water partition coefficient (Wildman–Crippen LogP) is 2.94. The molecule has 0 radical (unpaired) electrons. The summed E-state index contributed by atoms with van der Waals surface area (Å²) in [5.74, 6) is 1.18. The topological polar surface area (TPSA) is 71.6 Å². The molecule has 6 nitrogen and oxygen atoms in total. The zero-order valence-corrected chi connectivity index (χ0v) is 17.0. The second-order valence-electron chi connectivity index (χ2n) is 6.30. The number of ether oxygens (including phenoxy) is 2. The third-order valence-corrected chi connectivity index (χ3v) is 5.01. The first-order valence-electron chi connectivity index (χ1n) is 8.93. The Balaban J connectivity index is 1.66. The summed E-state index contributed by atoms with van der Waals surface area (Å²) < 4.78 is 11.9. The van der Waals surface area contributed by atoms with Gasteiger partial charge in [0.05, 0.1) is 25.7 Å². The van der Waals surface area contributed by atoms with Crippen molar-refractivity contribution in [1.82, 2.24) is 16.2 Å². The maximum absolute atomic E-state index is 12.8. The molecule has 3 rings (SSSR count). The van der Waals surface area contributed by atoms with Gasteiger partial charge in [0.15, 0.2) is 11.5 Å². The third-order valence-electron chi connectivity index (χ3n) is 4.52. The number of hydrazine groups is 1. The number of benzene rings is 2. The van der Waals surface area contributed by atoms with Crippen LogP contribution in [0.4, 0.5) is 0 Å². The molecule has 0 spiro atoms. The predicted molar refractivity (Wildman–Crippen MR) is 108 cm³/mol. The maximum Gasteiger partial charge on any atom is 0.226 e. The Labute approximate surface area is 167 Å². The molecule has 2 aromatic rings. The number of halogens is 1. The molecule has 27 heavy (non-hydrogen) atoms. The molecule has 0 saturated carbocycles. The van der Waals surface area contributed by atoms with Crippen LogP contribution in [0.15, 0.2) is 46.9 Å². The van der Waals surface area contributed by atoms with Crippen LogP contribution >= 0.6 is 15.9 Å². The van der Waals surface area contributed by atoms with E-state index in [0.29, 0.717) is 31.2 Å². The summed E-state index contributed by atoms with van der Waals surface area (Å²) in [6.45, 7) is 3.50. The van der Waals surface area contributed by atoms with Gasteiger partial charge in [-0.2, -0.15) is 0 Å². The fourth-order valence-electron chi connectivity index (χ4n) is 3.18. The number of amides is 1. The van der Waals surface area contributed by atoms with Gasteiger partial charge in [-0.05, 0) is 42.3 Å². The zero-order chi connectivity index (χ0) is 19.2. The van der Waals surface area contributed by atoms with E-state index in [-0.39, 0.29) is 17.9 Å². The van der Waals surface area contributed by atoms with Gasteiger partial charge in [-0.1, -0.05) is 34.1 Å². The standard InChI is InChI=1S/C20H24BrN3O3/c1-3-27-18-9-13(7-8-17(18)26-2)11-22-20(25)16-12-23-24-19(16)14-5-4-6-15(21)10-14/h4-10,16,19,23-24H,3,11-12H2,1-2H3,(H,22,25). The Bertz CT molecular complexity index is 800. The van der Waals surface area contributed by atoms with Crippen molar-refractivity contribution in [2.24, 2.45) is 5.92 Å². The average molecular weight is 434 g/mol. The Morgan fingerprint density at radius 2 is 2.11 bits per heavy atom. The summed E-state index contributed by atoms with van der Waals surface area (Å²) in [7, 11) is 1.61. The first-order chi connectivity index (χ1) is 13.1. The van der Waals surface area contributed by atoms with Crippen molar-refractivity contribution in [2.45, 2.75) is 19.5 Å². The van der Waals surface area contributed by atoms with Gasteiger partial charge in [-0.25, -0.2) is 5.43 Å². The molecular weight excluding hydrogens is 410 g/mol. The van der Waals surface area contributed by atoms with Gasteiger partial charge in [-0.3, -0.25) is 10.2 Å². The maximum atomic E-state index is 12.8. The summed E-state index contributed by atoms with van der Waals surface area (Å²) in [5.41, 5.74) is 8.33. The summed E-state index contributed by atoms with van der Waals surface area (Å²) in [6, 6.07) is 13.6. The van der Waals surface area contributed by atoms with Crippen molar-refractivity contribution < 1.29 is 14.3 Å². The number of nitrogens with one attached hydrogen (secondary N) is 3. The lowest BCUT2D eigenvalue weighted by Crippen LogP contribution is -2.34. The molecule has 1 heterocycles. The van der Waals surface area contributed by atoms with Crippen LogP contribution in [0.1, 0.15) is 24.1 Å². The quantitative estimate of drug-likeness (QED) is 0.625. The smallest absolute Gasteiger partial charge is 0.226 e. The minimum absolute atomic E-state index is 0.00579. The van der Waals surface area contributed by atoms with Gasteiger partial charge >= 0.3 is 0 Å². The van der Waals surface area contributed by atoms with Crippen molar-refractivity contribution in [2.75, 3.05) is 20.3 Å². The monoisotopic (exact) mass is 433 g/mol. The average Bonchev–Trinajstić information content (AvgIpc) is 3.16. The molecule has 1 fully saturated rings. The van der Waals surface area contributed by atoms with Crippen LogP contribution in [-0.4, -0.2) is 26.2 Å². The molecule has 1 aliphatic rings. The van der Waals surface area contributed by atoms with Crippen LogP contribution in [0.25, 0.3) is 0 Å². The highest BCUT2D eigenvalue weighted by Gasteiger charge is 2.33. The Hall–Kier alpha value is -2.09. The lowest BCUT2D eigenvalue weighted by Gasteiger charge is -2.19. The van der Waals surface area contributed by atoms with Crippen molar-refractivity contribution in [1.29, 1.82) is 0 Å². The normalized spacial score (nSPS) is 18.9. The van der Waals surface area contributed by atoms with Crippen LogP contribution in [0.2, 0.25) is 0 Å². The fraction of sp³-hybridized carbons (Fsp3) is 0.350. The molecule has 3 N–H and O–H groups in total. The van der Waals surface area contributed by atoms with Gasteiger partial charge in [0, 0.05) is 17.6 Å². The van der Waals surface area contributed by atoms with Crippen LogP contribution in [-0.2, 0) is 11.3 Å². The van der Waals surface area contributed by atoms with E-state index in [2.05, 4.69) is 32.1 Å². The molecule has 1 amide bonds. The Morgan fingerprint density at radius 1 is 1.26 bits per heavy atom. The molecule has 2 atom stereocenters. The molecule has 0 aliphatic carbocycles. The van der Waals surface area contributed by atoms with Crippen molar-refractivity contribution in [3.05, 3.63) is 58.1 Å². The molecule has 2 aromatic carbocycles. The van der Waals surface area contributed by atoms with E-state index in [9.17, 15) is 4.79 Å². The lowest BCUT2D eigenvalue weighted by molar-refractivity contribution is -0.125. The van der Waals surface area contributed by atoms with Gasteiger partial charge < -0.3 is 14.8 Å². The fourth-order valence-corrected chi connectivity index (χ4v) is 3.59. The number of methoxy groups -OCH3 is 1. The molecule has 144 valence electrons. The SMILES string of the molecule is CCOc1cc(CNC(=O)C2CNNC2c2cccc(Br)c2)ccc1OC. The third kappa shape index (κ3) is 4.80. The van der Waals surface area contributed by atoms with Crippen molar-refractivity contribution in [3.63, 3.8) is 0 Å². The first kappa shape index (κ1) is 19.7. The highest BCUT2D eigenvalue weighted by molar-refractivity contribution is 9.10. The number of rotatable bonds is 7. The minimum atomic E-state index is -0.191. The van der Waals surface area contributed by atoms with E-state index in [0.717, 1.165) is 15.6 Å². The largest absolute Gasteiger partial charge is 0.493 e. The second-order valence-corrected chi connectivity index (χ2v) is 7.22. The van der Waals surface area contributed by atoms with E-state index in [1.54, 1.807) is 7.11 Å². The second kappa shape index (κ2) is 9.21. The zero-order valence-electron chi connectivity index (χ0n) is 15.4.